The predicted octanol–water partition coefficient (Wildman–Crippen LogP) is 2.40. The highest BCUT2D eigenvalue weighted by Gasteiger charge is 2.39. The molecule has 144 valence electrons. The van der Waals surface area contributed by atoms with Gasteiger partial charge in [0.15, 0.2) is 5.78 Å². The summed E-state index contributed by atoms with van der Waals surface area (Å²) in [5.41, 5.74) is 3.13. The normalized spacial score (nSPS) is 19.1. The maximum atomic E-state index is 12.8. The minimum Gasteiger partial charge on any atom is -0.489 e. The van der Waals surface area contributed by atoms with Crippen molar-refractivity contribution in [3.05, 3.63) is 64.7 Å². The third-order valence-electron chi connectivity index (χ3n) is 5.37. The van der Waals surface area contributed by atoms with Crippen LogP contribution in [0.1, 0.15) is 46.3 Å². The smallest absolute Gasteiger partial charge is 0.255 e. The molecule has 1 amide bonds. The lowest BCUT2D eigenvalue weighted by Crippen LogP contribution is -2.44. The van der Waals surface area contributed by atoms with Gasteiger partial charge in [0.1, 0.15) is 18.1 Å². The van der Waals surface area contributed by atoms with Crippen molar-refractivity contribution < 1.29 is 24.2 Å². The molecule has 28 heavy (non-hydrogen) atoms. The van der Waals surface area contributed by atoms with Gasteiger partial charge < -0.3 is 14.7 Å². The molecule has 0 saturated heterocycles. The van der Waals surface area contributed by atoms with Crippen LogP contribution in [0.15, 0.2) is 42.5 Å². The number of hydrogen-bond donors (Lipinski definition) is 1. The summed E-state index contributed by atoms with van der Waals surface area (Å²) in [7, 11) is 0. The largest absolute Gasteiger partial charge is 0.489 e. The van der Waals surface area contributed by atoms with Gasteiger partial charge in [0, 0.05) is 17.5 Å². The van der Waals surface area contributed by atoms with Gasteiger partial charge in [-0.1, -0.05) is 30.3 Å². The molecule has 2 aromatic carbocycles. The number of amides is 1. The summed E-state index contributed by atoms with van der Waals surface area (Å²) in [4.78, 5) is 38.2. The topological polar surface area (TPSA) is 83.9 Å². The fourth-order valence-electron chi connectivity index (χ4n) is 3.80. The molecule has 0 spiro atoms. The summed E-state index contributed by atoms with van der Waals surface area (Å²) in [5.74, 6) is 0.213. The Bertz CT molecular complexity index is 934. The Labute approximate surface area is 162 Å². The standard InChI is InChI=1S/C22H21NO5/c24-12-14-4-6-15(7-5-14)13-28-21-3-1-2-17-18(21)11-23(22(17)27)19-9-8-16(25)10-20(19)26/h1-7,19,24H,8-13H2. The molecule has 1 unspecified atom stereocenters. The zero-order valence-corrected chi connectivity index (χ0v) is 15.4. The van der Waals surface area contributed by atoms with Crippen LogP contribution in [0.25, 0.3) is 0 Å². The van der Waals surface area contributed by atoms with Crippen molar-refractivity contribution in [1.82, 2.24) is 4.90 Å². The molecule has 0 aromatic heterocycles. The third-order valence-corrected chi connectivity index (χ3v) is 5.37. The average molecular weight is 379 g/mol. The first kappa shape index (κ1) is 18.4. The van der Waals surface area contributed by atoms with Gasteiger partial charge in [-0.3, -0.25) is 14.4 Å². The number of aliphatic hydroxyl groups is 1. The fourth-order valence-corrected chi connectivity index (χ4v) is 3.80. The first-order valence-electron chi connectivity index (χ1n) is 9.35. The van der Waals surface area contributed by atoms with E-state index in [-0.39, 0.29) is 30.5 Å². The van der Waals surface area contributed by atoms with Crippen LogP contribution in [0.4, 0.5) is 0 Å². The first-order valence-corrected chi connectivity index (χ1v) is 9.35. The van der Waals surface area contributed by atoms with Gasteiger partial charge in [-0.05, 0) is 29.7 Å². The van der Waals surface area contributed by atoms with E-state index in [1.807, 2.05) is 30.3 Å². The molecule has 1 fully saturated rings. The quantitative estimate of drug-likeness (QED) is 0.807. The minimum atomic E-state index is -0.531. The Balaban J connectivity index is 1.50. The van der Waals surface area contributed by atoms with Gasteiger partial charge in [-0.25, -0.2) is 0 Å². The number of benzene rings is 2. The number of hydrogen-bond acceptors (Lipinski definition) is 5. The number of carbonyl (C=O) groups excluding carboxylic acids is 3. The minimum absolute atomic E-state index is 0.00321. The van der Waals surface area contributed by atoms with E-state index in [4.69, 9.17) is 9.84 Å². The van der Waals surface area contributed by atoms with Crippen LogP contribution >= 0.6 is 0 Å². The molecular formula is C22H21NO5. The van der Waals surface area contributed by atoms with Crippen molar-refractivity contribution in [3.8, 4) is 5.75 Å². The van der Waals surface area contributed by atoms with Crippen molar-refractivity contribution in [2.24, 2.45) is 0 Å². The fraction of sp³-hybridized carbons (Fsp3) is 0.318. The summed E-state index contributed by atoms with van der Waals surface area (Å²) in [6.07, 6.45) is 0.645. The highest BCUT2D eigenvalue weighted by atomic mass is 16.5. The molecule has 2 aliphatic rings. The second-order valence-corrected chi connectivity index (χ2v) is 7.21. The monoisotopic (exact) mass is 379 g/mol. The van der Waals surface area contributed by atoms with Crippen LogP contribution in [-0.2, 0) is 29.3 Å². The number of carbonyl (C=O) groups is 3. The molecular weight excluding hydrogens is 358 g/mol. The van der Waals surface area contributed by atoms with Gasteiger partial charge in [-0.15, -0.1) is 0 Å². The van der Waals surface area contributed by atoms with Crippen LogP contribution < -0.4 is 4.74 Å². The Morgan fingerprint density at radius 3 is 2.50 bits per heavy atom. The highest BCUT2D eigenvalue weighted by molar-refractivity contribution is 6.07. The van der Waals surface area contributed by atoms with Gasteiger partial charge >= 0.3 is 0 Å². The average Bonchev–Trinajstić information content (AvgIpc) is 3.04. The van der Waals surface area contributed by atoms with Gasteiger partial charge in [0.05, 0.1) is 25.6 Å². The van der Waals surface area contributed by atoms with Crippen molar-refractivity contribution in [2.45, 2.75) is 45.1 Å². The van der Waals surface area contributed by atoms with Gasteiger partial charge in [0.25, 0.3) is 5.91 Å². The van der Waals surface area contributed by atoms with Crippen LogP contribution in [0, 0.1) is 0 Å². The Kier molecular flexibility index (Phi) is 4.96. The molecule has 1 atom stereocenters. The Morgan fingerprint density at radius 2 is 1.79 bits per heavy atom. The third kappa shape index (κ3) is 3.43. The second kappa shape index (κ2) is 7.56. The summed E-state index contributed by atoms with van der Waals surface area (Å²) >= 11 is 0. The lowest BCUT2D eigenvalue weighted by molar-refractivity contribution is -0.133. The maximum Gasteiger partial charge on any atom is 0.255 e. The summed E-state index contributed by atoms with van der Waals surface area (Å²) in [5, 5.41) is 9.12. The molecule has 1 heterocycles. The van der Waals surface area contributed by atoms with E-state index in [2.05, 4.69) is 0 Å². The van der Waals surface area contributed by atoms with E-state index in [1.54, 1.807) is 17.0 Å². The molecule has 0 bridgehead atoms. The van der Waals surface area contributed by atoms with Gasteiger partial charge in [-0.2, -0.15) is 0 Å². The lowest BCUT2D eigenvalue weighted by Gasteiger charge is -2.29. The number of nitrogens with zero attached hydrogens (tertiary/aromatic N) is 1. The lowest BCUT2D eigenvalue weighted by atomic mass is 9.92. The molecule has 1 saturated carbocycles. The summed E-state index contributed by atoms with van der Waals surface area (Å²) < 4.78 is 5.96. The van der Waals surface area contributed by atoms with E-state index >= 15 is 0 Å². The van der Waals surface area contributed by atoms with Crippen LogP contribution in [-0.4, -0.2) is 33.5 Å². The summed E-state index contributed by atoms with van der Waals surface area (Å²) in [6.45, 7) is 0.655. The highest BCUT2D eigenvalue weighted by Crippen LogP contribution is 2.34. The van der Waals surface area contributed by atoms with E-state index in [1.165, 1.54) is 0 Å². The predicted molar refractivity (Wildman–Crippen MR) is 101 cm³/mol. The Morgan fingerprint density at radius 1 is 1.04 bits per heavy atom. The SMILES string of the molecule is O=C1CCC(N2Cc3c(OCc4ccc(CO)cc4)cccc3C2=O)C(=O)C1. The molecule has 6 heteroatoms. The molecule has 1 N–H and O–H groups in total. The Hall–Kier alpha value is -2.99. The second-order valence-electron chi connectivity index (χ2n) is 7.21. The number of aliphatic hydroxyl groups excluding tert-OH is 1. The van der Waals surface area contributed by atoms with Crippen LogP contribution in [0.5, 0.6) is 5.75 Å². The maximum absolute atomic E-state index is 12.8. The molecule has 6 nitrogen and oxygen atoms in total. The van der Waals surface area contributed by atoms with Crippen molar-refractivity contribution in [1.29, 1.82) is 0 Å². The van der Waals surface area contributed by atoms with E-state index < -0.39 is 6.04 Å². The van der Waals surface area contributed by atoms with Crippen molar-refractivity contribution in [2.75, 3.05) is 0 Å². The van der Waals surface area contributed by atoms with Gasteiger partial charge in [0.2, 0.25) is 0 Å². The number of fused-ring (bicyclic) bond motifs is 1. The number of ketones is 2. The molecule has 4 rings (SSSR count). The zero-order valence-electron chi connectivity index (χ0n) is 15.4. The number of ether oxygens (including phenoxy) is 1. The zero-order chi connectivity index (χ0) is 19.7. The van der Waals surface area contributed by atoms with Crippen LogP contribution in [0.3, 0.4) is 0 Å². The number of Topliss-reactive ketones (excluding diaryl/α,β-unsaturated/α-hetero) is 2. The first-order chi connectivity index (χ1) is 13.6. The molecule has 0 radical (unpaired) electrons. The molecule has 1 aliphatic heterocycles. The molecule has 1 aliphatic carbocycles. The van der Waals surface area contributed by atoms with E-state index in [9.17, 15) is 14.4 Å². The van der Waals surface area contributed by atoms with Crippen molar-refractivity contribution >= 4 is 17.5 Å². The number of rotatable bonds is 5. The van der Waals surface area contributed by atoms with E-state index in [0.29, 0.717) is 37.3 Å². The van der Waals surface area contributed by atoms with Crippen LogP contribution in [0.2, 0.25) is 0 Å². The van der Waals surface area contributed by atoms with E-state index in [0.717, 1.165) is 16.7 Å². The molecule has 2 aromatic rings. The van der Waals surface area contributed by atoms with Crippen molar-refractivity contribution in [3.63, 3.8) is 0 Å². The summed E-state index contributed by atoms with van der Waals surface area (Å²) in [6, 6.07) is 12.3.